The van der Waals surface area contributed by atoms with E-state index in [1.807, 2.05) is 7.05 Å². The van der Waals surface area contributed by atoms with Crippen molar-refractivity contribution in [3.63, 3.8) is 0 Å². The van der Waals surface area contributed by atoms with Gasteiger partial charge in [0.1, 0.15) is 18.0 Å². The van der Waals surface area contributed by atoms with Crippen molar-refractivity contribution < 1.29 is 0 Å². The number of aromatic nitrogens is 2. The van der Waals surface area contributed by atoms with Crippen molar-refractivity contribution in [1.29, 1.82) is 0 Å². The van der Waals surface area contributed by atoms with Crippen molar-refractivity contribution in [2.24, 2.45) is 0 Å². The Morgan fingerprint density at radius 2 is 1.60 bits per heavy atom. The van der Waals surface area contributed by atoms with Crippen LogP contribution in [0.5, 0.6) is 0 Å². The van der Waals surface area contributed by atoms with Crippen molar-refractivity contribution in [3.05, 3.63) is 40.1 Å². The maximum Gasteiger partial charge on any atom is 0.139 e. The van der Waals surface area contributed by atoms with Crippen LogP contribution in [0, 0.1) is 0 Å². The fourth-order valence-electron chi connectivity index (χ4n) is 2.00. The second kappa shape index (κ2) is 6.29. The Balaban J connectivity index is 2.42. The third-order valence-electron chi connectivity index (χ3n) is 2.82. The summed E-state index contributed by atoms with van der Waals surface area (Å²) in [4.78, 5) is 8.56. The summed E-state index contributed by atoms with van der Waals surface area (Å²) >= 11 is 12.0. The molecule has 0 spiro atoms. The van der Waals surface area contributed by atoms with E-state index in [0.717, 1.165) is 22.9 Å². The van der Waals surface area contributed by atoms with Gasteiger partial charge in [0.2, 0.25) is 0 Å². The maximum absolute atomic E-state index is 6.01. The molecule has 0 bridgehead atoms. The van der Waals surface area contributed by atoms with Crippen LogP contribution in [0.2, 0.25) is 10.0 Å². The molecule has 2 rings (SSSR count). The Kier molecular flexibility index (Phi) is 4.68. The molecule has 1 aromatic heterocycles. The van der Waals surface area contributed by atoms with Gasteiger partial charge in [-0.3, -0.25) is 0 Å². The lowest BCUT2D eigenvalue weighted by atomic mass is 10.0. The van der Waals surface area contributed by atoms with E-state index < -0.39 is 0 Å². The van der Waals surface area contributed by atoms with Gasteiger partial charge in [-0.1, -0.05) is 37.0 Å². The zero-order chi connectivity index (χ0) is 14.7. The third-order valence-corrected chi connectivity index (χ3v) is 3.26. The quantitative estimate of drug-likeness (QED) is 0.860. The fourth-order valence-corrected chi connectivity index (χ4v) is 2.53. The zero-order valence-corrected chi connectivity index (χ0v) is 13.0. The van der Waals surface area contributed by atoms with E-state index in [1.54, 1.807) is 18.2 Å². The molecular weight excluding hydrogens is 295 g/mol. The molecule has 0 aliphatic carbocycles. The van der Waals surface area contributed by atoms with Gasteiger partial charge in [0, 0.05) is 28.3 Å². The molecule has 4 nitrogen and oxygen atoms in total. The number of benzene rings is 1. The van der Waals surface area contributed by atoms with Crippen LogP contribution in [0.25, 0.3) is 0 Å². The van der Waals surface area contributed by atoms with Gasteiger partial charge in [-0.15, -0.1) is 0 Å². The lowest BCUT2D eigenvalue weighted by Gasteiger charge is -2.16. The average molecular weight is 311 g/mol. The molecule has 1 aromatic carbocycles. The summed E-state index contributed by atoms with van der Waals surface area (Å²) in [5, 5.41) is 7.49. The average Bonchev–Trinajstić information content (AvgIpc) is 2.36. The molecule has 0 unspecified atom stereocenters. The molecule has 6 heteroatoms. The van der Waals surface area contributed by atoms with Gasteiger partial charge in [0.25, 0.3) is 0 Å². The molecule has 0 atom stereocenters. The first kappa shape index (κ1) is 14.9. The minimum atomic E-state index is 0.274. The van der Waals surface area contributed by atoms with Crippen LogP contribution in [0.15, 0.2) is 24.5 Å². The first-order chi connectivity index (χ1) is 9.51. The molecule has 1 heterocycles. The minimum Gasteiger partial charge on any atom is -0.373 e. The fraction of sp³-hybridized carbons (Fsp3) is 0.286. The third kappa shape index (κ3) is 3.32. The van der Waals surface area contributed by atoms with E-state index in [4.69, 9.17) is 23.2 Å². The van der Waals surface area contributed by atoms with Crippen LogP contribution in [0.3, 0.4) is 0 Å². The summed E-state index contributed by atoms with van der Waals surface area (Å²) in [6, 6.07) is 5.30. The van der Waals surface area contributed by atoms with Crippen LogP contribution < -0.4 is 10.6 Å². The molecular formula is C14H16Cl2N4. The van der Waals surface area contributed by atoms with Gasteiger partial charge >= 0.3 is 0 Å². The highest BCUT2D eigenvalue weighted by Crippen LogP contribution is 2.31. The van der Waals surface area contributed by atoms with Crippen molar-refractivity contribution in [2.45, 2.75) is 19.8 Å². The molecule has 0 saturated carbocycles. The zero-order valence-electron chi connectivity index (χ0n) is 11.5. The van der Waals surface area contributed by atoms with E-state index in [2.05, 4.69) is 34.4 Å². The molecule has 0 aliphatic rings. The molecule has 2 aromatic rings. The number of hydrogen-bond donors (Lipinski definition) is 2. The number of nitrogens with one attached hydrogen (secondary N) is 2. The number of hydrogen-bond acceptors (Lipinski definition) is 4. The van der Waals surface area contributed by atoms with E-state index in [0.29, 0.717) is 10.0 Å². The Bertz CT molecular complexity index is 594. The number of halogens is 2. The Morgan fingerprint density at radius 3 is 2.15 bits per heavy atom. The smallest absolute Gasteiger partial charge is 0.139 e. The van der Waals surface area contributed by atoms with Gasteiger partial charge in [0.15, 0.2) is 0 Å². The Morgan fingerprint density at radius 1 is 1.00 bits per heavy atom. The Hall–Kier alpha value is -1.52. The minimum absolute atomic E-state index is 0.274. The standard InChI is InChI=1S/C14H16Cl2N4/c1-8(2)12-13(17-3)18-7-19-14(12)20-11-5-9(15)4-10(16)6-11/h4-8H,1-3H3,(H2,17,18,19,20). The molecule has 0 radical (unpaired) electrons. The summed E-state index contributed by atoms with van der Waals surface area (Å²) in [7, 11) is 1.84. The highest BCUT2D eigenvalue weighted by atomic mass is 35.5. The van der Waals surface area contributed by atoms with Crippen molar-refractivity contribution in [1.82, 2.24) is 9.97 Å². The van der Waals surface area contributed by atoms with Crippen LogP contribution in [0.4, 0.5) is 17.3 Å². The van der Waals surface area contributed by atoms with Gasteiger partial charge in [-0.25, -0.2) is 9.97 Å². The van der Waals surface area contributed by atoms with E-state index in [1.165, 1.54) is 6.33 Å². The van der Waals surface area contributed by atoms with Crippen molar-refractivity contribution in [3.8, 4) is 0 Å². The predicted molar refractivity (Wildman–Crippen MR) is 85.4 cm³/mol. The van der Waals surface area contributed by atoms with E-state index >= 15 is 0 Å². The van der Waals surface area contributed by atoms with Crippen LogP contribution in [-0.2, 0) is 0 Å². The summed E-state index contributed by atoms with van der Waals surface area (Å²) < 4.78 is 0. The molecule has 0 amide bonds. The molecule has 0 saturated heterocycles. The second-order valence-corrected chi connectivity index (χ2v) is 5.55. The van der Waals surface area contributed by atoms with Gasteiger partial charge < -0.3 is 10.6 Å². The summed E-state index contributed by atoms with van der Waals surface area (Å²) in [6.45, 7) is 4.19. The van der Waals surface area contributed by atoms with E-state index in [9.17, 15) is 0 Å². The largest absolute Gasteiger partial charge is 0.373 e. The van der Waals surface area contributed by atoms with Crippen LogP contribution in [-0.4, -0.2) is 17.0 Å². The SMILES string of the molecule is CNc1ncnc(Nc2cc(Cl)cc(Cl)c2)c1C(C)C. The summed E-state index contributed by atoms with van der Waals surface area (Å²) in [5.41, 5.74) is 1.82. The van der Waals surface area contributed by atoms with Crippen molar-refractivity contribution in [2.75, 3.05) is 17.7 Å². The highest BCUT2D eigenvalue weighted by Gasteiger charge is 2.14. The number of rotatable bonds is 4. The highest BCUT2D eigenvalue weighted by molar-refractivity contribution is 6.35. The molecule has 0 aliphatic heterocycles. The predicted octanol–water partition coefficient (Wildman–Crippen LogP) is 4.69. The molecule has 20 heavy (non-hydrogen) atoms. The lowest BCUT2D eigenvalue weighted by molar-refractivity contribution is 0.852. The van der Waals surface area contributed by atoms with Crippen LogP contribution >= 0.6 is 23.2 Å². The van der Waals surface area contributed by atoms with Gasteiger partial charge in [-0.05, 0) is 24.1 Å². The monoisotopic (exact) mass is 310 g/mol. The molecule has 0 fully saturated rings. The van der Waals surface area contributed by atoms with Gasteiger partial charge in [-0.2, -0.15) is 0 Å². The number of anilines is 3. The molecule has 106 valence electrons. The number of nitrogens with zero attached hydrogens (tertiary/aromatic N) is 2. The van der Waals surface area contributed by atoms with Gasteiger partial charge in [0.05, 0.1) is 0 Å². The summed E-state index contributed by atoms with van der Waals surface area (Å²) in [5.74, 6) is 1.83. The summed E-state index contributed by atoms with van der Waals surface area (Å²) in [6.07, 6.45) is 1.52. The first-order valence-electron chi connectivity index (χ1n) is 6.27. The normalized spacial score (nSPS) is 10.7. The maximum atomic E-state index is 6.01. The van der Waals surface area contributed by atoms with E-state index in [-0.39, 0.29) is 5.92 Å². The van der Waals surface area contributed by atoms with Crippen LogP contribution in [0.1, 0.15) is 25.3 Å². The first-order valence-corrected chi connectivity index (χ1v) is 7.02. The second-order valence-electron chi connectivity index (χ2n) is 4.67. The van der Waals surface area contributed by atoms with Crippen molar-refractivity contribution >= 4 is 40.5 Å². The topological polar surface area (TPSA) is 49.8 Å². The lowest BCUT2D eigenvalue weighted by Crippen LogP contribution is -2.06. The Labute approximate surface area is 128 Å². The molecule has 2 N–H and O–H groups in total.